The number of nitrogens with one attached hydrogen (secondary N) is 1. The van der Waals surface area contributed by atoms with E-state index >= 15 is 0 Å². The minimum absolute atomic E-state index is 0.0436. The molecule has 0 aliphatic heterocycles. The zero-order valence-corrected chi connectivity index (χ0v) is 12.9. The van der Waals surface area contributed by atoms with Gasteiger partial charge >= 0.3 is 0 Å². The van der Waals surface area contributed by atoms with Crippen LogP contribution in [0.5, 0.6) is 0 Å². The number of carbonyl (C=O) groups is 1. The van der Waals surface area contributed by atoms with Crippen LogP contribution in [0.25, 0.3) is 0 Å². The molecule has 1 atom stereocenters. The second kappa shape index (κ2) is 7.22. The number of rotatable bonds is 6. The normalized spacial score (nSPS) is 12.3. The van der Waals surface area contributed by atoms with Gasteiger partial charge in [0.05, 0.1) is 5.56 Å². The van der Waals surface area contributed by atoms with E-state index in [9.17, 15) is 9.18 Å². The average Bonchev–Trinajstić information content (AvgIpc) is 2.43. The Kier molecular flexibility index (Phi) is 5.92. The molecule has 0 saturated carbocycles. The zero-order valence-electron chi connectivity index (χ0n) is 12.9. The molecular weight excluding hydrogens is 257 g/mol. The highest BCUT2D eigenvalue weighted by molar-refractivity contribution is 5.95. The highest BCUT2D eigenvalue weighted by Gasteiger charge is 2.23. The number of anilines is 1. The van der Waals surface area contributed by atoms with E-state index in [0.29, 0.717) is 12.5 Å². The molecule has 0 aromatic carbocycles. The van der Waals surface area contributed by atoms with Gasteiger partial charge in [-0.3, -0.25) is 4.79 Å². The van der Waals surface area contributed by atoms with Gasteiger partial charge in [-0.25, -0.2) is 9.37 Å². The summed E-state index contributed by atoms with van der Waals surface area (Å²) < 4.78 is 14.3. The lowest BCUT2D eigenvalue weighted by molar-refractivity contribution is 0.0702. The van der Waals surface area contributed by atoms with E-state index < -0.39 is 5.82 Å². The van der Waals surface area contributed by atoms with E-state index in [4.69, 9.17) is 0 Å². The predicted octanol–water partition coefficient (Wildman–Crippen LogP) is 3.16. The molecule has 0 bridgehead atoms. The van der Waals surface area contributed by atoms with Crippen molar-refractivity contribution in [2.45, 2.75) is 40.2 Å². The lowest BCUT2D eigenvalue weighted by Gasteiger charge is -2.28. The van der Waals surface area contributed by atoms with Crippen molar-refractivity contribution in [1.82, 2.24) is 9.88 Å². The standard InChI is InChI=1S/C15H24FN3O/c1-6-8-17-14-13(16)12(7-9-18-14)15(20)19(5)11(4)10(2)3/h7,9-11H,6,8H2,1-5H3,(H,17,18). The summed E-state index contributed by atoms with van der Waals surface area (Å²) in [5.74, 6) is -0.436. The first kappa shape index (κ1) is 16.4. The quantitative estimate of drug-likeness (QED) is 0.871. The van der Waals surface area contributed by atoms with Crippen molar-refractivity contribution in [1.29, 1.82) is 0 Å². The topological polar surface area (TPSA) is 45.2 Å². The molecule has 0 aliphatic carbocycles. The van der Waals surface area contributed by atoms with E-state index in [-0.39, 0.29) is 23.3 Å². The third kappa shape index (κ3) is 3.68. The molecule has 1 unspecified atom stereocenters. The monoisotopic (exact) mass is 281 g/mol. The number of aromatic nitrogens is 1. The maximum absolute atomic E-state index is 14.3. The Morgan fingerprint density at radius 3 is 2.65 bits per heavy atom. The summed E-state index contributed by atoms with van der Waals surface area (Å²) in [6, 6.07) is 1.47. The fraction of sp³-hybridized carbons (Fsp3) is 0.600. The number of pyridine rings is 1. The Morgan fingerprint density at radius 1 is 1.45 bits per heavy atom. The van der Waals surface area contributed by atoms with Crippen LogP contribution in [0.15, 0.2) is 12.3 Å². The van der Waals surface area contributed by atoms with Gasteiger partial charge in [0.15, 0.2) is 11.6 Å². The van der Waals surface area contributed by atoms with Crippen LogP contribution in [0.2, 0.25) is 0 Å². The molecule has 1 aromatic heterocycles. The molecule has 20 heavy (non-hydrogen) atoms. The van der Waals surface area contributed by atoms with Crippen molar-refractivity contribution < 1.29 is 9.18 Å². The SMILES string of the molecule is CCCNc1nccc(C(=O)N(C)C(C)C(C)C)c1F. The minimum atomic E-state index is -0.575. The van der Waals surface area contributed by atoms with Gasteiger partial charge in [0.1, 0.15) is 0 Å². The molecule has 0 radical (unpaired) electrons. The average molecular weight is 281 g/mol. The summed E-state index contributed by atoms with van der Waals surface area (Å²) in [5.41, 5.74) is 0.0635. The second-order valence-corrected chi connectivity index (χ2v) is 5.35. The van der Waals surface area contributed by atoms with Gasteiger partial charge in [0.25, 0.3) is 5.91 Å². The van der Waals surface area contributed by atoms with E-state index in [0.717, 1.165) is 6.42 Å². The third-order valence-corrected chi connectivity index (χ3v) is 3.56. The molecule has 0 aliphatic rings. The Hall–Kier alpha value is -1.65. The molecule has 4 nitrogen and oxygen atoms in total. The molecule has 1 N–H and O–H groups in total. The van der Waals surface area contributed by atoms with Crippen LogP contribution < -0.4 is 5.32 Å². The van der Waals surface area contributed by atoms with E-state index in [1.807, 2.05) is 27.7 Å². The van der Waals surface area contributed by atoms with Crippen LogP contribution in [0.3, 0.4) is 0 Å². The summed E-state index contributed by atoms with van der Waals surface area (Å²) in [6.07, 6.45) is 2.33. The molecule has 1 amide bonds. The fourth-order valence-electron chi connectivity index (χ4n) is 1.80. The first-order chi connectivity index (χ1) is 9.40. The fourth-order valence-corrected chi connectivity index (χ4v) is 1.80. The Labute approximate surface area is 120 Å². The summed E-state index contributed by atoms with van der Waals surface area (Å²) >= 11 is 0. The van der Waals surface area contributed by atoms with Crippen molar-refractivity contribution in [2.24, 2.45) is 5.92 Å². The van der Waals surface area contributed by atoms with Crippen LogP contribution in [-0.4, -0.2) is 35.4 Å². The van der Waals surface area contributed by atoms with Gasteiger partial charge in [0.2, 0.25) is 0 Å². The summed E-state index contributed by atoms with van der Waals surface area (Å²) in [4.78, 5) is 17.9. The van der Waals surface area contributed by atoms with Gasteiger partial charge in [-0.1, -0.05) is 20.8 Å². The van der Waals surface area contributed by atoms with Crippen LogP contribution in [0.1, 0.15) is 44.5 Å². The second-order valence-electron chi connectivity index (χ2n) is 5.35. The number of carbonyl (C=O) groups excluding carboxylic acids is 1. The highest BCUT2D eigenvalue weighted by atomic mass is 19.1. The van der Waals surface area contributed by atoms with Crippen molar-refractivity contribution in [3.63, 3.8) is 0 Å². The van der Waals surface area contributed by atoms with Gasteiger partial charge < -0.3 is 10.2 Å². The summed E-state index contributed by atoms with van der Waals surface area (Å²) in [5, 5.41) is 2.89. The molecule has 1 rings (SSSR count). The number of hydrogen-bond acceptors (Lipinski definition) is 3. The Balaban J connectivity index is 2.98. The van der Waals surface area contributed by atoms with Crippen LogP contribution in [0, 0.1) is 11.7 Å². The van der Waals surface area contributed by atoms with E-state index in [1.54, 1.807) is 11.9 Å². The van der Waals surface area contributed by atoms with Crippen molar-refractivity contribution in [2.75, 3.05) is 18.9 Å². The molecule has 0 saturated heterocycles. The first-order valence-electron chi connectivity index (χ1n) is 7.05. The molecule has 1 aromatic rings. The Morgan fingerprint density at radius 2 is 2.10 bits per heavy atom. The lowest BCUT2D eigenvalue weighted by atomic mass is 10.0. The van der Waals surface area contributed by atoms with Crippen LogP contribution in [-0.2, 0) is 0 Å². The predicted molar refractivity (Wildman–Crippen MR) is 79.4 cm³/mol. The first-order valence-corrected chi connectivity index (χ1v) is 7.05. The summed E-state index contributed by atoms with van der Waals surface area (Å²) in [7, 11) is 1.70. The molecule has 1 heterocycles. The number of hydrogen-bond donors (Lipinski definition) is 1. The van der Waals surface area contributed by atoms with Crippen molar-refractivity contribution in [3.05, 3.63) is 23.6 Å². The highest BCUT2D eigenvalue weighted by Crippen LogP contribution is 2.19. The van der Waals surface area contributed by atoms with Crippen molar-refractivity contribution >= 4 is 11.7 Å². The Bertz CT molecular complexity index is 462. The van der Waals surface area contributed by atoms with Gasteiger partial charge in [-0.2, -0.15) is 0 Å². The van der Waals surface area contributed by atoms with E-state index in [1.165, 1.54) is 12.3 Å². The van der Waals surface area contributed by atoms with Crippen molar-refractivity contribution in [3.8, 4) is 0 Å². The maximum Gasteiger partial charge on any atom is 0.257 e. The molecule has 112 valence electrons. The van der Waals surface area contributed by atoms with E-state index in [2.05, 4.69) is 10.3 Å². The number of amides is 1. The molecule has 0 spiro atoms. The van der Waals surface area contributed by atoms with Gasteiger partial charge in [-0.05, 0) is 25.3 Å². The maximum atomic E-state index is 14.3. The summed E-state index contributed by atoms with van der Waals surface area (Å²) in [6.45, 7) is 8.63. The minimum Gasteiger partial charge on any atom is -0.368 e. The largest absolute Gasteiger partial charge is 0.368 e. The lowest BCUT2D eigenvalue weighted by Crippen LogP contribution is -2.38. The van der Waals surface area contributed by atoms with Gasteiger partial charge in [-0.15, -0.1) is 0 Å². The molecule has 0 fully saturated rings. The smallest absolute Gasteiger partial charge is 0.257 e. The van der Waals surface area contributed by atoms with Crippen LogP contribution >= 0.6 is 0 Å². The third-order valence-electron chi connectivity index (χ3n) is 3.56. The van der Waals surface area contributed by atoms with Gasteiger partial charge in [0, 0.05) is 25.8 Å². The number of halogens is 1. The number of nitrogens with zero attached hydrogens (tertiary/aromatic N) is 2. The van der Waals surface area contributed by atoms with Crippen LogP contribution in [0.4, 0.5) is 10.2 Å². The zero-order chi connectivity index (χ0) is 15.3. The molecular formula is C15H24FN3O. The molecule has 5 heteroatoms.